The predicted molar refractivity (Wildman–Crippen MR) is 117 cm³/mol. The Labute approximate surface area is 186 Å². The van der Waals surface area contributed by atoms with Crippen molar-refractivity contribution in [1.82, 2.24) is 9.80 Å². The Bertz CT molecular complexity index is 974. The van der Waals surface area contributed by atoms with Gasteiger partial charge in [-0.25, -0.2) is 0 Å². The second kappa shape index (κ2) is 8.58. The molecule has 2 aliphatic rings. The Morgan fingerprint density at radius 1 is 1.10 bits per heavy atom. The number of aliphatic hydroxyl groups is 1. The molecule has 2 aromatic rings. The largest absolute Gasteiger partial charge is 0.391 e. The van der Waals surface area contributed by atoms with Gasteiger partial charge in [-0.05, 0) is 54.7 Å². The molecule has 1 fully saturated rings. The van der Waals surface area contributed by atoms with Crippen molar-refractivity contribution in [2.75, 3.05) is 19.6 Å². The van der Waals surface area contributed by atoms with Gasteiger partial charge in [-0.3, -0.25) is 9.59 Å². The number of hydrogen-bond donors (Lipinski definition) is 1. The molecule has 158 valence electrons. The van der Waals surface area contributed by atoms with E-state index in [0.717, 1.165) is 11.1 Å². The minimum absolute atomic E-state index is 0.0393. The zero-order valence-electron chi connectivity index (χ0n) is 16.8. The Morgan fingerprint density at radius 2 is 1.80 bits per heavy atom. The molecule has 0 aromatic heterocycles. The summed E-state index contributed by atoms with van der Waals surface area (Å²) in [6.07, 6.45) is 0.920. The number of halogens is 2. The number of likely N-dealkylation sites (tertiary alicyclic amines) is 1. The maximum atomic E-state index is 13.1. The van der Waals surface area contributed by atoms with Gasteiger partial charge in [0.05, 0.1) is 18.6 Å². The Balaban J connectivity index is 1.56. The summed E-state index contributed by atoms with van der Waals surface area (Å²) in [6, 6.07) is 10.8. The van der Waals surface area contributed by atoms with Crippen LogP contribution in [0.25, 0.3) is 0 Å². The third-order valence-electron chi connectivity index (χ3n) is 6.12. The molecule has 2 aliphatic heterocycles. The van der Waals surface area contributed by atoms with E-state index in [1.807, 2.05) is 30.0 Å². The second-order valence-electron chi connectivity index (χ2n) is 7.96. The molecule has 30 heavy (non-hydrogen) atoms. The highest BCUT2D eigenvalue weighted by molar-refractivity contribution is 6.36. The van der Waals surface area contributed by atoms with Crippen LogP contribution in [0.15, 0.2) is 36.4 Å². The summed E-state index contributed by atoms with van der Waals surface area (Å²) >= 11 is 12.5. The Kier molecular flexibility index (Phi) is 6.05. The van der Waals surface area contributed by atoms with E-state index in [4.69, 9.17) is 23.2 Å². The molecule has 7 heteroatoms. The van der Waals surface area contributed by atoms with E-state index in [2.05, 4.69) is 0 Å². The van der Waals surface area contributed by atoms with E-state index in [1.165, 1.54) is 0 Å². The fourth-order valence-electron chi connectivity index (χ4n) is 4.46. The molecular weight excluding hydrogens is 423 g/mol. The van der Waals surface area contributed by atoms with Gasteiger partial charge in [-0.1, -0.05) is 41.4 Å². The van der Waals surface area contributed by atoms with Crippen LogP contribution in [0.3, 0.4) is 0 Å². The quantitative estimate of drug-likeness (QED) is 0.777. The van der Waals surface area contributed by atoms with Crippen LogP contribution in [0.5, 0.6) is 0 Å². The normalized spacial score (nSPS) is 20.9. The molecule has 0 radical (unpaired) electrons. The van der Waals surface area contributed by atoms with E-state index in [1.54, 1.807) is 23.1 Å². The number of nitrogens with zero attached hydrogens (tertiary/aromatic N) is 2. The molecule has 2 amide bonds. The van der Waals surface area contributed by atoms with Crippen molar-refractivity contribution in [3.05, 3.63) is 68.7 Å². The highest BCUT2D eigenvalue weighted by Gasteiger charge is 2.33. The van der Waals surface area contributed by atoms with Crippen molar-refractivity contribution < 1.29 is 14.7 Å². The zero-order valence-corrected chi connectivity index (χ0v) is 18.3. The smallest absolute Gasteiger partial charge is 0.254 e. The minimum atomic E-state index is -0.447. The first-order valence-corrected chi connectivity index (χ1v) is 10.9. The number of amides is 2. The van der Waals surface area contributed by atoms with Gasteiger partial charge < -0.3 is 14.9 Å². The molecular formula is C23H24Cl2N2O3. The fraction of sp³-hybridized carbons (Fsp3) is 0.391. The van der Waals surface area contributed by atoms with E-state index in [9.17, 15) is 14.7 Å². The van der Waals surface area contributed by atoms with Gasteiger partial charge in [0.2, 0.25) is 5.91 Å². The topological polar surface area (TPSA) is 60.9 Å². The standard InChI is InChI=1S/C23H24Cl2N2O3/c1-14-16-4-2-5-18(23(30)26-10-8-15(28)13-26)17(16)9-11-27(14)22(29)12-19-20(24)6-3-7-21(19)25/h2-7,14-15,28H,8-13H2,1H3/t14-,15?/m0/s1. The van der Waals surface area contributed by atoms with Crippen LogP contribution >= 0.6 is 23.2 Å². The molecule has 0 saturated carbocycles. The monoisotopic (exact) mass is 446 g/mol. The maximum absolute atomic E-state index is 13.1. The molecule has 1 unspecified atom stereocenters. The molecule has 1 N–H and O–H groups in total. The number of fused-ring (bicyclic) bond motifs is 1. The molecule has 2 heterocycles. The summed E-state index contributed by atoms with van der Waals surface area (Å²) in [5.41, 5.74) is 3.30. The number of aliphatic hydroxyl groups excluding tert-OH is 1. The molecule has 1 saturated heterocycles. The van der Waals surface area contributed by atoms with E-state index < -0.39 is 6.10 Å². The second-order valence-corrected chi connectivity index (χ2v) is 8.77. The van der Waals surface area contributed by atoms with E-state index in [-0.39, 0.29) is 24.3 Å². The van der Waals surface area contributed by atoms with Crippen molar-refractivity contribution in [1.29, 1.82) is 0 Å². The molecule has 4 rings (SSSR count). The summed E-state index contributed by atoms with van der Waals surface area (Å²) in [5.74, 6) is -0.0826. The Hall–Kier alpha value is -2.08. The van der Waals surface area contributed by atoms with Crippen LogP contribution in [-0.4, -0.2) is 52.5 Å². The third kappa shape index (κ3) is 3.94. The molecule has 0 bridgehead atoms. The summed E-state index contributed by atoms with van der Waals surface area (Å²) in [5, 5.41) is 10.8. The lowest BCUT2D eigenvalue weighted by molar-refractivity contribution is -0.133. The molecule has 0 aliphatic carbocycles. The summed E-state index contributed by atoms with van der Waals surface area (Å²) in [4.78, 5) is 29.6. The van der Waals surface area contributed by atoms with Crippen molar-refractivity contribution in [3.8, 4) is 0 Å². The van der Waals surface area contributed by atoms with Gasteiger partial charge in [0, 0.05) is 35.2 Å². The number of carbonyl (C=O) groups excluding carboxylic acids is 2. The van der Waals surface area contributed by atoms with Gasteiger partial charge in [0.1, 0.15) is 0 Å². The lowest BCUT2D eigenvalue weighted by Crippen LogP contribution is -2.41. The zero-order chi connectivity index (χ0) is 21.4. The predicted octanol–water partition coefficient (Wildman–Crippen LogP) is 3.89. The average molecular weight is 447 g/mol. The molecule has 2 aromatic carbocycles. The van der Waals surface area contributed by atoms with E-state index in [0.29, 0.717) is 53.6 Å². The third-order valence-corrected chi connectivity index (χ3v) is 6.83. The van der Waals surface area contributed by atoms with Gasteiger partial charge in [-0.15, -0.1) is 0 Å². The SMILES string of the molecule is C[C@H]1c2cccc(C(=O)N3CCC(O)C3)c2CCN1C(=O)Cc1c(Cl)cccc1Cl. The van der Waals surface area contributed by atoms with Crippen LogP contribution in [0.4, 0.5) is 0 Å². The number of carbonyl (C=O) groups is 2. The average Bonchev–Trinajstić information content (AvgIpc) is 3.16. The fourth-order valence-corrected chi connectivity index (χ4v) is 4.99. The van der Waals surface area contributed by atoms with Crippen molar-refractivity contribution in [2.45, 2.75) is 38.3 Å². The van der Waals surface area contributed by atoms with Gasteiger partial charge in [0.15, 0.2) is 0 Å². The van der Waals surface area contributed by atoms with Gasteiger partial charge >= 0.3 is 0 Å². The van der Waals surface area contributed by atoms with Crippen molar-refractivity contribution in [2.24, 2.45) is 0 Å². The van der Waals surface area contributed by atoms with Gasteiger partial charge in [0.25, 0.3) is 5.91 Å². The van der Waals surface area contributed by atoms with Gasteiger partial charge in [-0.2, -0.15) is 0 Å². The van der Waals surface area contributed by atoms with Crippen LogP contribution in [-0.2, 0) is 17.6 Å². The highest BCUT2D eigenvalue weighted by Crippen LogP contribution is 2.34. The lowest BCUT2D eigenvalue weighted by atomic mass is 9.89. The van der Waals surface area contributed by atoms with Crippen LogP contribution in [0.1, 0.15) is 46.4 Å². The number of benzene rings is 2. The summed E-state index contributed by atoms with van der Waals surface area (Å²) in [6.45, 7) is 3.46. The van der Waals surface area contributed by atoms with Crippen LogP contribution in [0.2, 0.25) is 10.0 Å². The first-order valence-electron chi connectivity index (χ1n) is 10.2. The number of hydrogen-bond acceptors (Lipinski definition) is 3. The first kappa shape index (κ1) is 21.2. The van der Waals surface area contributed by atoms with E-state index >= 15 is 0 Å². The number of β-amino-alcohol motifs (C(OH)–C–C–N with tert-alkyl or cyclic N) is 1. The summed E-state index contributed by atoms with van der Waals surface area (Å²) in [7, 11) is 0. The molecule has 5 nitrogen and oxygen atoms in total. The van der Waals surface area contributed by atoms with Crippen molar-refractivity contribution in [3.63, 3.8) is 0 Å². The maximum Gasteiger partial charge on any atom is 0.254 e. The highest BCUT2D eigenvalue weighted by atomic mass is 35.5. The minimum Gasteiger partial charge on any atom is -0.391 e. The van der Waals surface area contributed by atoms with Crippen LogP contribution in [0, 0.1) is 0 Å². The number of rotatable bonds is 3. The molecule has 0 spiro atoms. The molecule has 2 atom stereocenters. The first-order chi connectivity index (χ1) is 14.4. The Morgan fingerprint density at radius 3 is 2.47 bits per heavy atom. The van der Waals surface area contributed by atoms with Crippen LogP contribution < -0.4 is 0 Å². The van der Waals surface area contributed by atoms with Crippen molar-refractivity contribution >= 4 is 35.0 Å². The lowest BCUT2D eigenvalue weighted by Gasteiger charge is -2.36. The summed E-state index contributed by atoms with van der Waals surface area (Å²) < 4.78 is 0.